The molecule has 0 radical (unpaired) electrons. The maximum Gasteiger partial charge on any atom is 0.248 e. The van der Waals surface area contributed by atoms with Gasteiger partial charge in [0.05, 0.1) is 0 Å². The van der Waals surface area contributed by atoms with Gasteiger partial charge in [-0.3, -0.25) is 4.79 Å². The number of ether oxygens (including phenoxy) is 1. The van der Waals surface area contributed by atoms with Gasteiger partial charge in [-0.25, -0.2) is 0 Å². The number of primary amides is 1. The molecule has 3 N–H and O–H groups in total. The highest BCUT2D eigenvalue weighted by atomic mass is 35.5. The van der Waals surface area contributed by atoms with E-state index in [0.29, 0.717) is 11.3 Å². The van der Waals surface area contributed by atoms with Crippen molar-refractivity contribution in [2.24, 2.45) is 5.73 Å². The maximum absolute atomic E-state index is 11.1. The summed E-state index contributed by atoms with van der Waals surface area (Å²) in [5.41, 5.74) is 8.09. The Kier molecular flexibility index (Phi) is 6.47. The van der Waals surface area contributed by atoms with Crippen LogP contribution in [0.5, 0.6) is 11.5 Å². The molecule has 0 spiro atoms. The van der Waals surface area contributed by atoms with E-state index in [0.717, 1.165) is 30.3 Å². The topological polar surface area (TPSA) is 64.4 Å². The first-order valence-electron chi connectivity index (χ1n) is 8.72. The number of rotatable bonds is 8. The predicted molar refractivity (Wildman–Crippen MR) is 108 cm³/mol. The van der Waals surface area contributed by atoms with Gasteiger partial charge in [0, 0.05) is 17.1 Å². The molecule has 0 saturated carbocycles. The summed E-state index contributed by atoms with van der Waals surface area (Å²) in [4.78, 5) is 11.1. The number of halogens is 1. The quantitative estimate of drug-likeness (QED) is 0.563. The smallest absolute Gasteiger partial charge is 0.248 e. The second-order valence-electron chi connectivity index (χ2n) is 6.19. The summed E-state index contributed by atoms with van der Waals surface area (Å²) < 4.78 is 5.78. The Labute approximate surface area is 163 Å². The largest absolute Gasteiger partial charge is 0.457 e. The van der Waals surface area contributed by atoms with Crippen molar-refractivity contribution < 1.29 is 9.53 Å². The van der Waals surface area contributed by atoms with Crippen molar-refractivity contribution in [1.82, 2.24) is 5.32 Å². The van der Waals surface area contributed by atoms with E-state index in [2.05, 4.69) is 11.4 Å². The van der Waals surface area contributed by atoms with Crippen LogP contribution in [0.15, 0.2) is 72.8 Å². The van der Waals surface area contributed by atoms with Gasteiger partial charge in [0.2, 0.25) is 5.91 Å². The number of benzene rings is 3. The molecule has 3 aromatic rings. The fraction of sp³-hybridized carbons (Fsp3) is 0.136. The third-order valence-electron chi connectivity index (χ3n) is 4.11. The molecule has 0 aliphatic carbocycles. The number of carbonyl (C=O) groups excluding carboxylic acids is 1. The molecule has 0 fully saturated rings. The number of nitrogens with one attached hydrogen (secondary N) is 1. The molecular weight excluding hydrogens is 360 g/mol. The van der Waals surface area contributed by atoms with Crippen molar-refractivity contribution in [2.45, 2.75) is 13.0 Å². The summed E-state index contributed by atoms with van der Waals surface area (Å²) in [5.74, 6) is 0.950. The Hall–Kier alpha value is -2.82. The highest BCUT2D eigenvalue weighted by Crippen LogP contribution is 2.22. The van der Waals surface area contributed by atoms with Gasteiger partial charge in [-0.2, -0.15) is 0 Å². The van der Waals surface area contributed by atoms with E-state index in [9.17, 15) is 4.79 Å². The van der Waals surface area contributed by atoms with Crippen molar-refractivity contribution >= 4 is 17.5 Å². The lowest BCUT2D eigenvalue weighted by molar-refractivity contribution is 0.100. The molecule has 3 aromatic carbocycles. The average Bonchev–Trinajstić information content (AvgIpc) is 2.67. The van der Waals surface area contributed by atoms with E-state index < -0.39 is 5.91 Å². The predicted octanol–water partition coefficient (Wildman–Crippen LogP) is 4.56. The molecule has 5 heteroatoms. The van der Waals surface area contributed by atoms with Crippen LogP contribution in [0.4, 0.5) is 0 Å². The lowest BCUT2D eigenvalue weighted by Gasteiger charge is -2.08. The highest BCUT2D eigenvalue weighted by Gasteiger charge is 2.02. The van der Waals surface area contributed by atoms with Crippen LogP contribution in [0.2, 0.25) is 5.02 Å². The Morgan fingerprint density at radius 2 is 1.59 bits per heavy atom. The maximum atomic E-state index is 11.1. The highest BCUT2D eigenvalue weighted by molar-refractivity contribution is 6.30. The van der Waals surface area contributed by atoms with E-state index >= 15 is 0 Å². The zero-order chi connectivity index (χ0) is 19.1. The van der Waals surface area contributed by atoms with Gasteiger partial charge >= 0.3 is 0 Å². The number of hydrogen-bond acceptors (Lipinski definition) is 3. The molecule has 27 heavy (non-hydrogen) atoms. The van der Waals surface area contributed by atoms with Crippen LogP contribution < -0.4 is 15.8 Å². The monoisotopic (exact) mass is 380 g/mol. The molecule has 0 aliphatic rings. The number of nitrogens with two attached hydrogens (primary N) is 1. The summed E-state index contributed by atoms with van der Waals surface area (Å²) in [6, 6.07) is 22.6. The fourth-order valence-electron chi connectivity index (χ4n) is 2.66. The van der Waals surface area contributed by atoms with Crippen LogP contribution >= 0.6 is 11.6 Å². The fourth-order valence-corrected chi connectivity index (χ4v) is 2.87. The minimum atomic E-state index is -0.450. The average molecular weight is 381 g/mol. The van der Waals surface area contributed by atoms with Gasteiger partial charge in [0.15, 0.2) is 0 Å². The van der Waals surface area contributed by atoms with Crippen molar-refractivity contribution in [1.29, 1.82) is 0 Å². The second-order valence-corrected chi connectivity index (χ2v) is 6.63. The van der Waals surface area contributed by atoms with Crippen LogP contribution in [0.3, 0.4) is 0 Å². The van der Waals surface area contributed by atoms with Gasteiger partial charge in [-0.1, -0.05) is 35.9 Å². The van der Waals surface area contributed by atoms with Crippen LogP contribution in [-0.4, -0.2) is 12.5 Å². The van der Waals surface area contributed by atoms with E-state index in [1.807, 2.05) is 42.5 Å². The first kappa shape index (κ1) is 19.0. The minimum Gasteiger partial charge on any atom is -0.457 e. The number of hydrogen-bond donors (Lipinski definition) is 2. The van der Waals surface area contributed by atoms with E-state index in [1.54, 1.807) is 24.3 Å². The molecule has 0 aliphatic heterocycles. The normalized spacial score (nSPS) is 10.6. The van der Waals surface area contributed by atoms with Crippen LogP contribution in [0.25, 0.3) is 0 Å². The van der Waals surface area contributed by atoms with E-state index in [4.69, 9.17) is 22.1 Å². The molecule has 0 unspecified atom stereocenters. The summed E-state index contributed by atoms with van der Waals surface area (Å²) in [6.45, 7) is 1.67. The van der Waals surface area contributed by atoms with Crippen LogP contribution in [0, 0.1) is 0 Å². The van der Waals surface area contributed by atoms with Crippen molar-refractivity contribution in [2.75, 3.05) is 6.54 Å². The molecule has 1 amide bonds. The van der Waals surface area contributed by atoms with Crippen molar-refractivity contribution in [3.05, 3.63) is 94.5 Å². The first-order chi connectivity index (χ1) is 13.1. The second kappa shape index (κ2) is 9.21. The lowest BCUT2D eigenvalue weighted by atomic mass is 10.1. The zero-order valence-electron chi connectivity index (χ0n) is 14.8. The molecule has 0 bridgehead atoms. The SMILES string of the molecule is NC(=O)c1ccc(Oc2ccc(CNCCc3cccc(Cl)c3)cc2)cc1. The Balaban J connectivity index is 1.46. The van der Waals surface area contributed by atoms with Gasteiger partial charge in [0.25, 0.3) is 0 Å². The van der Waals surface area contributed by atoms with Crippen molar-refractivity contribution in [3.63, 3.8) is 0 Å². The molecule has 0 atom stereocenters. The molecule has 4 nitrogen and oxygen atoms in total. The number of amides is 1. The first-order valence-corrected chi connectivity index (χ1v) is 9.10. The molecular formula is C22H21ClN2O2. The van der Waals surface area contributed by atoms with Gasteiger partial charge in [-0.15, -0.1) is 0 Å². The summed E-state index contributed by atoms with van der Waals surface area (Å²) in [7, 11) is 0. The third-order valence-corrected chi connectivity index (χ3v) is 4.34. The van der Waals surface area contributed by atoms with Gasteiger partial charge in [-0.05, 0) is 72.6 Å². The third kappa shape index (κ3) is 5.84. The standard InChI is InChI=1S/C22H21ClN2O2/c23-19-3-1-2-16(14-19)12-13-25-15-17-4-8-20(9-5-17)27-21-10-6-18(7-11-21)22(24)26/h1-11,14,25H,12-13,15H2,(H2,24,26). The molecule has 0 saturated heterocycles. The van der Waals surface area contributed by atoms with Gasteiger partial charge < -0.3 is 15.8 Å². The molecule has 138 valence electrons. The minimum absolute atomic E-state index is 0.450. The number of carbonyl (C=O) groups is 1. The zero-order valence-corrected chi connectivity index (χ0v) is 15.6. The van der Waals surface area contributed by atoms with E-state index in [1.165, 1.54) is 11.1 Å². The molecule has 3 rings (SSSR count). The molecule has 0 aromatic heterocycles. The van der Waals surface area contributed by atoms with Crippen LogP contribution in [-0.2, 0) is 13.0 Å². The lowest BCUT2D eigenvalue weighted by Crippen LogP contribution is -2.16. The van der Waals surface area contributed by atoms with E-state index in [-0.39, 0.29) is 0 Å². The summed E-state index contributed by atoms with van der Waals surface area (Å²) >= 11 is 6.00. The Morgan fingerprint density at radius 1 is 0.926 bits per heavy atom. The summed E-state index contributed by atoms with van der Waals surface area (Å²) in [6.07, 6.45) is 0.934. The Bertz CT molecular complexity index is 893. The summed E-state index contributed by atoms with van der Waals surface area (Å²) in [5, 5.41) is 4.20. The van der Waals surface area contributed by atoms with Crippen molar-refractivity contribution in [3.8, 4) is 11.5 Å². The van der Waals surface area contributed by atoms with Gasteiger partial charge in [0.1, 0.15) is 11.5 Å². The molecule has 0 heterocycles. The Morgan fingerprint density at radius 3 is 2.22 bits per heavy atom. The van der Waals surface area contributed by atoms with Crippen LogP contribution in [0.1, 0.15) is 21.5 Å².